The molecule has 2 rings (SSSR count). The lowest BCUT2D eigenvalue weighted by atomic mass is 10.2. The molecule has 2 aromatic carbocycles. The summed E-state index contributed by atoms with van der Waals surface area (Å²) in [6.07, 6.45) is -0.120. The Hall–Kier alpha value is -2.39. The van der Waals surface area contributed by atoms with Crippen molar-refractivity contribution in [3.05, 3.63) is 59.9 Å². The zero-order valence-corrected chi connectivity index (χ0v) is 16.9. The highest BCUT2D eigenvalue weighted by molar-refractivity contribution is 7.99. The summed E-state index contributed by atoms with van der Waals surface area (Å²) < 4.78 is 37.2. The van der Waals surface area contributed by atoms with E-state index in [1.807, 2.05) is 6.92 Å². The Morgan fingerprint density at radius 1 is 0.929 bits per heavy atom. The fraction of sp³-hybridized carbons (Fsp3) is 0.263. The highest BCUT2D eigenvalue weighted by atomic mass is 32.2. The summed E-state index contributed by atoms with van der Waals surface area (Å²) in [5.41, 5.74) is 5.41. The van der Waals surface area contributed by atoms with Crippen LogP contribution in [0.4, 0.5) is 4.39 Å². The van der Waals surface area contributed by atoms with Crippen LogP contribution in [0.25, 0.3) is 0 Å². The Morgan fingerprint density at radius 2 is 1.50 bits per heavy atom. The van der Waals surface area contributed by atoms with Crippen molar-refractivity contribution in [2.24, 2.45) is 0 Å². The smallest absolute Gasteiger partial charge is 0.239 e. The number of rotatable bonds is 8. The van der Waals surface area contributed by atoms with Crippen LogP contribution in [0.5, 0.6) is 0 Å². The molecule has 0 fully saturated rings. The number of nitrogens with one attached hydrogen (secondary N) is 2. The Labute approximate surface area is 167 Å². The van der Waals surface area contributed by atoms with E-state index < -0.39 is 21.7 Å². The molecule has 2 aromatic rings. The molecule has 150 valence electrons. The molecule has 0 aliphatic carbocycles. The number of thioether (sulfide) groups is 1. The minimum Gasteiger partial charge on any atom is -0.273 e. The summed E-state index contributed by atoms with van der Waals surface area (Å²) in [5.74, 6) is -1.21. The van der Waals surface area contributed by atoms with E-state index in [0.717, 1.165) is 10.5 Å². The molecular formula is C19H21FN2O4S2. The number of hydrogen-bond acceptors (Lipinski definition) is 5. The second kappa shape index (κ2) is 10.2. The first-order chi connectivity index (χ1) is 13.3. The Morgan fingerprint density at radius 3 is 2.11 bits per heavy atom. The molecule has 0 aliphatic rings. The third kappa shape index (κ3) is 7.32. The van der Waals surface area contributed by atoms with Gasteiger partial charge in [0.15, 0.2) is 9.84 Å². The molecular weight excluding hydrogens is 403 g/mol. The first-order valence-electron chi connectivity index (χ1n) is 8.52. The van der Waals surface area contributed by atoms with E-state index in [4.69, 9.17) is 0 Å². The zero-order chi connectivity index (χ0) is 20.6. The first-order valence-corrected chi connectivity index (χ1v) is 11.2. The molecule has 9 heteroatoms. The molecule has 0 heterocycles. The molecule has 0 spiro atoms. The van der Waals surface area contributed by atoms with Crippen molar-refractivity contribution >= 4 is 33.4 Å². The van der Waals surface area contributed by atoms with E-state index in [1.54, 1.807) is 24.3 Å². The van der Waals surface area contributed by atoms with Gasteiger partial charge in [0.1, 0.15) is 5.82 Å². The lowest BCUT2D eigenvalue weighted by molar-refractivity contribution is -0.128. The summed E-state index contributed by atoms with van der Waals surface area (Å²) in [5, 5.41) is 0. The number of aryl methyl sites for hydroxylation is 1. The Kier molecular flexibility index (Phi) is 8.01. The van der Waals surface area contributed by atoms with Crippen LogP contribution in [0.3, 0.4) is 0 Å². The molecule has 0 radical (unpaired) electrons. The van der Waals surface area contributed by atoms with Gasteiger partial charge in [0.05, 0.1) is 10.6 Å². The molecule has 0 aliphatic heterocycles. The van der Waals surface area contributed by atoms with Gasteiger partial charge >= 0.3 is 0 Å². The van der Waals surface area contributed by atoms with Crippen LogP contribution in [0.15, 0.2) is 58.3 Å². The maximum Gasteiger partial charge on any atom is 0.239 e. The van der Waals surface area contributed by atoms with Gasteiger partial charge in [-0.2, -0.15) is 0 Å². The minimum atomic E-state index is -3.56. The van der Waals surface area contributed by atoms with Crippen LogP contribution in [-0.4, -0.2) is 31.7 Å². The topological polar surface area (TPSA) is 92.3 Å². The average molecular weight is 425 g/mol. The van der Waals surface area contributed by atoms with Gasteiger partial charge in [0, 0.05) is 23.5 Å². The van der Waals surface area contributed by atoms with Crippen LogP contribution in [0.2, 0.25) is 0 Å². The van der Waals surface area contributed by atoms with Crippen molar-refractivity contribution in [1.82, 2.24) is 10.9 Å². The van der Waals surface area contributed by atoms with E-state index in [1.165, 1.54) is 36.0 Å². The van der Waals surface area contributed by atoms with Gasteiger partial charge < -0.3 is 0 Å². The molecule has 6 nitrogen and oxygen atoms in total. The number of hydrogen-bond donors (Lipinski definition) is 2. The van der Waals surface area contributed by atoms with Gasteiger partial charge in [-0.25, -0.2) is 12.8 Å². The van der Waals surface area contributed by atoms with Crippen molar-refractivity contribution in [3.63, 3.8) is 0 Å². The summed E-state index contributed by atoms with van der Waals surface area (Å²) in [7, 11) is -3.56. The van der Waals surface area contributed by atoms with Crippen molar-refractivity contribution in [1.29, 1.82) is 0 Å². The summed E-state index contributed by atoms with van der Waals surface area (Å²) >= 11 is 1.38. The maximum absolute atomic E-state index is 12.8. The van der Waals surface area contributed by atoms with Gasteiger partial charge in [-0.1, -0.05) is 17.7 Å². The summed E-state index contributed by atoms with van der Waals surface area (Å²) in [6.45, 7) is 1.85. The predicted molar refractivity (Wildman–Crippen MR) is 106 cm³/mol. The number of hydrazine groups is 1. The van der Waals surface area contributed by atoms with Crippen molar-refractivity contribution in [3.8, 4) is 0 Å². The van der Waals surface area contributed by atoms with E-state index in [9.17, 15) is 22.4 Å². The van der Waals surface area contributed by atoms with Crippen LogP contribution in [0, 0.1) is 12.7 Å². The molecule has 2 amide bonds. The van der Waals surface area contributed by atoms with Crippen molar-refractivity contribution in [2.75, 3.05) is 11.5 Å². The van der Waals surface area contributed by atoms with E-state index in [-0.39, 0.29) is 29.3 Å². The molecule has 0 atom stereocenters. The molecule has 0 unspecified atom stereocenters. The summed E-state index contributed by atoms with van der Waals surface area (Å²) in [6, 6.07) is 12.3. The number of benzene rings is 2. The van der Waals surface area contributed by atoms with Gasteiger partial charge in [-0.15, -0.1) is 11.8 Å². The predicted octanol–water partition coefficient (Wildman–Crippen LogP) is 2.63. The average Bonchev–Trinajstić information content (AvgIpc) is 2.67. The first kappa shape index (κ1) is 21.9. The summed E-state index contributed by atoms with van der Waals surface area (Å²) in [4.78, 5) is 24.5. The number of amides is 2. The fourth-order valence-electron chi connectivity index (χ4n) is 2.15. The fourth-order valence-corrected chi connectivity index (χ4v) is 4.24. The third-order valence-electron chi connectivity index (χ3n) is 3.73. The number of halogens is 1. The van der Waals surface area contributed by atoms with Crippen LogP contribution >= 0.6 is 11.8 Å². The molecule has 0 saturated carbocycles. The minimum absolute atomic E-state index is 0.143. The Bertz CT molecular complexity index is 914. The molecule has 0 bridgehead atoms. The largest absolute Gasteiger partial charge is 0.273 e. The second-order valence-corrected chi connectivity index (χ2v) is 9.31. The monoisotopic (exact) mass is 424 g/mol. The number of carbonyl (C=O) groups excluding carboxylic acids is 2. The third-order valence-corrected chi connectivity index (χ3v) is 6.48. The lowest BCUT2D eigenvalue weighted by Crippen LogP contribution is -2.42. The molecule has 0 saturated heterocycles. The van der Waals surface area contributed by atoms with Gasteiger partial charge in [-0.3, -0.25) is 20.4 Å². The lowest BCUT2D eigenvalue weighted by Gasteiger charge is -2.08. The highest BCUT2D eigenvalue weighted by Crippen LogP contribution is 2.18. The normalized spacial score (nSPS) is 11.1. The zero-order valence-electron chi connectivity index (χ0n) is 15.3. The molecule has 28 heavy (non-hydrogen) atoms. The van der Waals surface area contributed by atoms with Crippen molar-refractivity contribution in [2.45, 2.75) is 29.6 Å². The van der Waals surface area contributed by atoms with E-state index in [2.05, 4.69) is 10.9 Å². The number of sulfone groups is 1. The SMILES string of the molecule is Cc1ccc(S(=O)(=O)CCC(=O)NNC(=O)CCSc2ccc(F)cc2)cc1. The molecule has 2 N–H and O–H groups in total. The second-order valence-electron chi connectivity index (χ2n) is 6.03. The van der Waals surface area contributed by atoms with Gasteiger partial charge in [0.25, 0.3) is 0 Å². The molecule has 0 aromatic heterocycles. The van der Waals surface area contributed by atoms with Gasteiger partial charge in [0.2, 0.25) is 11.8 Å². The van der Waals surface area contributed by atoms with Gasteiger partial charge in [-0.05, 0) is 43.3 Å². The van der Waals surface area contributed by atoms with Crippen LogP contribution in [0.1, 0.15) is 18.4 Å². The maximum atomic E-state index is 12.8. The van der Waals surface area contributed by atoms with Crippen LogP contribution < -0.4 is 10.9 Å². The Balaban J connectivity index is 1.67. The highest BCUT2D eigenvalue weighted by Gasteiger charge is 2.16. The van der Waals surface area contributed by atoms with Crippen molar-refractivity contribution < 1.29 is 22.4 Å². The van der Waals surface area contributed by atoms with Crippen LogP contribution in [-0.2, 0) is 19.4 Å². The van der Waals surface area contributed by atoms with E-state index in [0.29, 0.717) is 5.75 Å². The van der Waals surface area contributed by atoms with E-state index >= 15 is 0 Å². The quantitative estimate of drug-likeness (QED) is 0.502. The standard InChI is InChI=1S/C19H21FN2O4S2/c1-14-2-8-17(9-3-14)28(25,26)13-11-19(24)22-21-18(23)10-12-27-16-6-4-15(20)5-7-16/h2-9H,10-13H2,1H3,(H,21,23)(H,22,24). The number of carbonyl (C=O) groups is 2.